The van der Waals surface area contributed by atoms with E-state index in [1.165, 1.54) is 10.4 Å². The quantitative estimate of drug-likeness (QED) is 0.775. The number of morpholine rings is 1. The molecule has 2 aromatic carbocycles. The molecule has 1 fully saturated rings. The Morgan fingerprint density at radius 3 is 2.72 bits per heavy atom. The van der Waals surface area contributed by atoms with E-state index in [1.54, 1.807) is 43.3 Å². The number of amides is 1. The molecule has 2 aromatic rings. The number of aryl methyl sites for hydroxylation is 1. The van der Waals surface area contributed by atoms with Crippen LogP contribution in [0.3, 0.4) is 0 Å². The molecule has 0 unspecified atom stereocenters. The molecular formula is C20H21N3O5S. The first-order chi connectivity index (χ1) is 13.9. The van der Waals surface area contributed by atoms with Crippen LogP contribution in [0, 0.1) is 18.3 Å². The average Bonchev–Trinajstić information content (AvgIpc) is 2.73. The Kier molecular flexibility index (Phi) is 6.49. The summed E-state index contributed by atoms with van der Waals surface area (Å²) >= 11 is 0. The maximum absolute atomic E-state index is 13.0. The van der Waals surface area contributed by atoms with E-state index >= 15 is 0 Å². The fourth-order valence-corrected chi connectivity index (χ4v) is 4.59. The van der Waals surface area contributed by atoms with Crippen LogP contribution in [0.1, 0.15) is 15.9 Å². The van der Waals surface area contributed by atoms with Crippen LogP contribution in [0.15, 0.2) is 47.4 Å². The fraction of sp³-hybridized carbons (Fsp3) is 0.300. The standard InChI is InChI=1S/C20H21N3O5S/c1-15-5-6-16(13-19(15)29(25,26)23-8-11-27-12-9-23)20(24)22-17-3-2-4-18(14-17)28-10-7-21/h2-6,13-14H,8-12H2,1H3,(H,22,24). The molecule has 1 heterocycles. The predicted molar refractivity (Wildman–Crippen MR) is 106 cm³/mol. The number of nitrogens with one attached hydrogen (secondary N) is 1. The van der Waals surface area contributed by atoms with Crippen LogP contribution in [0.4, 0.5) is 5.69 Å². The Morgan fingerprint density at radius 1 is 1.24 bits per heavy atom. The largest absolute Gasteiger partial charge is 0.479 e. The number of carbonyl (C=O) groups is 1. The summed E-state index contributed by atoms with van der Waals surface area (Å²) in [6.07, 6.45) is 0. The number of ether oxygens (including phenoxy) is 2. The highest BCUT2D eigenvalue weighted by atomic mass is 32.2. The van der Waals surface area contributed by atoms with E-state index < -0.39 is 15.9 Å². The number of hydrogen-bond acceptors (Lipinski definition) is 6. The highest BCUT2D eigenvalue weighted by Gasteiger charge is 2.28. The van der Waals surface area contributed by atoms with Crippen LogP contribution in [0.25, 0.3) is 0 Å². The van der Waals surface area contributed by atoms with Crippen molar-refractivity contribution in [3.63, 3.8) is 0 Å². The second-order valence-corrected chi connectivity index (χ2v) is 8.33. The third-order valence-corrected chi connectivity index (χ3v) is 6.47. The van der Waals surface area contributed by atoms with Crippen LogP contribution in [-0.2, 0) is 14.8 Å². The van der Waals surface area contributed by atoms with E-state index in [9.17, 15) is 13.2 Å². The lowest BCUT2D eigenvalue weighted by molar-refractivity contribution is 0.0730. The van der Waals surface area contributed by atoms with Gasteiger partial charge in [0.1, 0.15) is 11.8 Å². The highest BCUT2D eigenvalue weighted by molar-refractivity contribution is 7.89. The molecule has 0 spiro atoms. The molecule has 0 saturated carbocycles. The first-order valence-electron chi connectivity index (χ1n) is 9.01. The number of nitrogens with zero attached hydrogens (tertiary/aromatic N) is 2. The summed E-state index contributed by atoms with van der Waals surface area (Å²) in [5.41, 5.74) is 1.27. The van der Waals surface area contributed by atoms with E-state index in [0.29, 0.717) is 30.2 Å². The molecular weight excluding hydrogens is 394 g/mol. The van der Waals surface area contributed by atoms with E-state index in [0.717, 1.165) is 0 Å². The highest BCUT2D eigenvalue weighted by Crippen LogP contribution is 2.23. The first-order valence-corrected chi connectivity index (χ1v) is 10.5. The molecule has 1 N–H and O–H groups in total. The molecule has 8 nitrogen and oxygen atoms in total. The lowest BCUT2D eigenvalue weighted by Gasteiger charge is -2.26. The molecule has 1 aliphatic heterocycles. The minimum atomic E-state index is -3.72. The smallest absolute Gasteiger partial charge is 0.255 e. The number of sulfonamides is 1. The zero-order valence-electron chi connectivity index (χ0n) is 15.9. The zero-order valence-corrected chi connectivity index (χ0v) is 16.7. The van der Waals surface area contributed by atoms with E-state index in [-0.39, 0.29) is 30.2 Å². The second kappa shape index (κ2) is 9.05. The Hall–Kier alpha value is -2.93. The molecule has 0 radical (unpaired) electrons. The lowest BCUT2D eigenvalue weighted by Crippen LogP contribution is -2.40. The van der Waals surface area contributed by atoms with Crippen molar-refractivity contribution in [1.82, 2.24) is 4.31 Å². The summed E-state index contributed by atoms with van der Waals surface area (Å²) in [7, 11) is -3.72. The van der Waals surface area contributed by atoms with Crippen molar-refractivity contribution in [2.75, 3.05) is 38.2 Å². The Balaban J connectivity index is 1.82. The maximum Gasteiger partial charge on any atom is 0.255 e. The number of anilines is 1. The van der Waals surface area contributed by atoms with Gasteiger partial charge in [-0.15, -0.1) is 0 Å². The monoisotopic (exact) mass is 415 g/mol. The third-order valence-electron chi connectivity index (χ3n) is 4.43. The molecule has 3 rings (SSSR count). The van der Waals surface area contributed by atoms with Crippen LogP contribution in [-0.4, -0.2) is 51.5 Å². The van der Waals surface area contributed by atoms with Crippen molar-refractivity contribution < 1.29 is 22.7 Å². The van der Waals surface area contributed by atoms with E-state index in [1.807, 2.05) is 6.07 Å². The minimum Gasteiger partial charge on any atom is -0.479 e. The predicted octanol–water partition coefficient (Wildman–Crippen LogP) is 2.17. The summed E-state index contributed by atoms with van der Waals surface area (Å²) in [5.74, 6) is 0.00435. The molecule has 1 aliphatic rings. The number of rotatable bonds is 6. The van der Waals surface area contributed by atoms with Gasteiger partial charge in [0.15, 0.2) is 6.61 Å². The Labute approximate surface area is 169 Å². The number of nitriles is 1. The van der Waals surface area contributed by atoms with Gasteiger partial charge in [0, 0.05) is 30.4 Å². The molecule has 0 aromatic heterocycles. The number of hydrogen-bond donors (Lipinski definition) is 1. The zero-order chi connectivity index (χ0) is 20.9. The summed E-state index contributed by atoms with van der Waals surface area (Å²) in [5, 5.41) is 11.3. The van der Waals surface area contributed by atoms with Crippen molar-refractivity contribution >= 4 is 21.6 Å². The van der Waals surface area contributed by atoms with Gasteiger partial charge >= 0.3 is 0 Å². The van der Waals surface area contributed by atoms with Crippen molar-refractivity contribution in [3.8, 4) is 11.8 Å². The van der Waals surface area contributed by atoms with Gasteiger partial charge in [-0.2, -0.15) is 9.57 Å². The van der Waals surface area contributed by atoms with Crippen molar-refractivity contribution in [2.24, 2.45) is 0 Å². The van der Waals surface area contributed by atoms with Crippen molar-refractivity contribution in [1.29, 1.82) is 5.26 Å². The topological polar surface area (TPSA) is 109 Å². The number of benzene rings is 2. The summed E-state index contributed by atoms with van der Waals surface area (Å²) in [4.78, 5) is 12.8. The van der Waals surface area contributed by atoms with Crippen LogP contribution < -0.4 is 10.1 Å². The molecule has 0 aliphatic carbocycles. The van der Waals surface area contributed by atoms with Gasteiger partial charge in [0.05, 0.1) is 18.1 Å². The molecule has 1 saturated heterocycles. The van der Waals surface area contributed by atoms with Crippen molar-refractivity contribution in [2.45, 2.75) is 11.8 Å². The molecule has 1 amide bonds. The van der Waals surface area contributed by atoms with Gasteiger partial charge in [-0.05, 0) is 36.8 Å². The lowest BCUT2D eigenvalue weighted by atomic mass is 10.1. The third kappa shape index (κ3) is 4.92. The molecule has 0 bridgehead atoms. The Bertz CT molecular complexity index is 1040. The van der Waals surface area contributed by atoms with E-state index in [4.69, 9.17) is 14.7 Å². The van der Waals surface area contributed by atoms with Gasteiger partial charge in [-0.3, -0.25) is 4.79 Å². The first kappa shape index (κ1) is 20.8. The van der Waals surface area contributed by atoms with Gasteiger partial charge < -0.3 is 14.8 Å². The SMILES string of the molecule is Cc1ccc(C(=O)Nc2cccc(OCC#N)c2)cc1S(=O)(=O)N1CCOCC1. The molecule has 152 valence electrons. The normalized spacial score (nSPS) is 14.8. The Morgan fingerprint density at radius 2 is 2.00 bits per heavy atom. The second-order valence-electron chi connectivity index (χ2n) is 6.43. The fourth-order valence-electron chi connectivity index (χ4n) is 2.93. The molecule has 0 atom stereocenters. The minimum absolute atomic E-state index is 0.0991. The van der Waals surface area contributed by atoms with Gasteiger partial charge in [-0.1, -0.05) is 12.1 Å². The van der Waals surface area contributed by atoms with E-state index in [2.05, 4.69) is 5.32 Å². The van der Waals surface area contributed by atoms with Crippen LogP contribution in [0.5, 0.6) is 5.75 Å². The van der Waals surface area contributed by atoms with Crippen LogP contribution >= 0.6 is 0 Å². The van der Waals surface area contributed by atoms with Gasteiger partial charge in [0.2, 0.25) is 10.0 Å². The summed E-state index contributed by atoms with van der Waals surface area (Å²) < 4.78 is 37.8. The average molecular weight is 415 g/mol. The van der Waals surface area contributed by atoms with Crippen molar-refractivity contribution in [3.05, 3.63) is 53.6 Å². The number of carbonyl (C=O) groups excluding carboxylic acids is 1. The van der Waals surface area contributed by atoms with Gasteiger partial charge in [-0.25, -0.2) is 8.42 Å². The van der Waals surface area contributed by atoms with Gasteiger partial charge in [0.25, 0.3) is 5.91 Å². The molecule has 29 heavy (non-hydrogen) atoms. The van der Waals surface area contributed by atoms with Crippen LogP contribution in [0.2, 0.25) is 0 Å². The maximum atomic E-state index is 13.0. The summed E-state index contributed by atoms with van der Waals surface area (Å²) in [6.45, 7) is 2.87. The summed E-state index contributed by atoms with van der Waals surface area (Å²) in [6, 6.07) is 13.1. The molecule has 9 heteroatoms.